The Hall–Kier alpha value is -1.99. The molecule has 5 nitrogen and oxygen atoms in total. The molecule has 0 bridgehead atoms. The number of nitrogens with zero attached hydrogens (tertiary/aromatic N) is 2. The number of H-pyrrole nitrogens is 1. The third kappa shape index (κ3) is 2.63. The number of thiazole rings is 1. The Labute approximate surface area is 122 Å². The summed E-state index contributed by atoms with van der Waals surface area (Å²) in [6.07, 6.45) is 1.48. The summed E-state index contributed by atoms with van der Waals surface area (Å²) in [5, 5.41) is 2.82. The quantitative estimate of drug-likeness (QED) is 0.805. The first-order valence-corrected chi connectivity index (χ1v) is 7.62. The van der Waals surface area contributed by atoms with Gasteiger partial charge in [-0.2, -0.15) is 0 Å². The van der Waals surface area contributed by atoms with Gasteiger partial charge in [-0.25, -0.2) is 9.78 Å². The number of hydrogen-bond acceptors (Lipinski definition) is 5. The summed E-state index contributed by atoms with van der Waals surface area (Å²) in [6, 6.07) is 5.44. The van der Waals surface area contributed by atoms with Crippen LogP contribution in [0.15, 0.2) is 39.4 Å². The molecule has 0 saturated carbocycles. The number of thiophene rings is 1. The second-order valence-electron chi connectivity index (χ2n) is 4.27. The van der Waals surface area contributed by atoms with Crippen molar-refractivity contribution in [1.29, 1.82) is 0 Å². The molecule has 3 aromatic heterocycles. The molecule has 0 radical (unpaired) electrons. The van der Waals surface area contributed by atoms with Crippen LogP contribution in [0.5, 0.6) is 0 Å². The van der Waals surface area contributed by atoms with Crippen molar-refractivity contribution in [3.63, 3.8) is 0 Å². The molecule has 0 atom stereocenters. The van der Waals surface area contributed by atoms with Gasteiger partial charge < -0.3 is 0 Å². The Bertz CT molecular complexity index is 857. The van der Waals surface area contributed by atoms with Gasteiger partial charge in [0.25, 0.3) is 5.56 Å². The van der Waals surface area contributed by atoms with Crippen molar-refractivity contribution < 1.29 is 0 Å². The van der Waals surface area contributed by atoms with E-state index in [4.69, 9.17) is 0 Å². The molecule has 0 aliphatic carbocycles. The van der Waals surface area contributed by atoms with E-state index < -0.39 is 5.69 Å². The molecule has 1 N–H and O–H groups in total. The molecule has 0 amide bonds. The summed E-state index contributed by atoms with van der Waals surface area (Å²) in [4.78, 5) is 31.7. The number of aromatic amines is 1. The minimum Gasteiger partial charge on any atom is -0.294 e. The van der Waals surface area contributed by atoms with E-state index in [1.807, 2.05) is 11.4 Å². The molecule has 20 heavy (non-hydrogen) atoms. The largest absolute Gasteiger partial charge is 0.328 e. The highest BCUT2D eigenvalue weighted by Crippen LogP contribution is 2.28. The molecule has 3 rings (SSSR count). The highest BCUT2D eigenvalue weighted by molar-refractivity contribution is 7.16. The van der Waals surface area contributed by atoms with Crippen molar-refractivity contribution in [2.45, 2.75) is 13.5 Å². The molecule has 3 heterocycles. The highest BCUT2D eigenvalue weighted by Gasteiger charge is 2.07. The van der Waals surface area contributed by atoms with Crippen LogP contribution in [0, 0.1) is 6.92 Å². The molecule has 0 unspecified atom stereocenters. The van der Waals surface area contributed by atoms with E-state index in [1.165, 1.54) is 33.0 Å². The lowest BCUT2D eigenvalue weighted by Crippen LogP contribution is -2.28. The highest BCUT2D eigenvalue weighted by atomic mass is 32.1. The second kappa shape index (κ2) is 5.18. The van der Waals surface area contributed by atoms with Crippen LogP contribution in [-0.2, 0) is 6.54 Å². The zero-order chi connectivity index (χ0) is 14.1. The summed E-state index contributed by atoms with van der Waals surface area (Å²) in [5.41, 5.74) is 0.127. The van der Waals surface area contributed by atoms with E-state index >= 15 is 0 Å². The van der Waals surface area contributed by atoms with Gasteiger partial charge in [-0.05, 0) is 19.1 Å². The van der Waals surface area contributed by atoms with Gasteiger partial charge in [0.1, 0.15) is 5.01 Å². The van der Waals surface area contributed by atoms with Crippen molar-refractivity contribution in [3.05, 3.63) is 60.5 Å². The third-order valence-electron chi connectivity index (χ3n) is 2.75. The van der Waals surface area contributed by atoms with Gasteiger partial charge in [0.15, 0.2) is 0 Å². The van der Waals surface area contributed by atoms with Crippen LogP contribution in [0.25, 0.3) is 10.6 Å². The standard InChI is InChI=1S/C13H11N3O2S2/c1-8-2-3-10(20-8)9-7-19-12(14-9)6-16-5-4-11(17)15-13(16)18/h2-5,7H,6H2,1H3,(H,15,17,18). The summed E-state index contributed by atoms with van der Waals surface area (Å²) in [7, 11) is 0. The Morgan fingerprint density at radius 3 is 2.85 bits per heavy atom. The fourth-order valence-corrected chi connectivity index (χ4v) is 3.48. The molecule has 0 aromatic carbocycles. The molecule has 0 aliphatic rings. The van der Waals surface area contributed by atoms with E-state index in [9.17, 15) is 9.59 Å². The van der Waals surface area contributed by atoms with Gasteiger partial charge in [0.05, 0.1) is 17.1 Å². The number of aromatic nitrogens is 3. The average molecular weight is 305 g/mol. The average Bonchev–Trinajstić information content (AvgIpc) is 3.02. The Morgan fingerprint density at radius 2 is 2.15 bits per heavy atom. The van der Waals surface area contributed by atoms with Crippen LogP contribution in [0.3, 0.4) is 0 Å². The molecular formula is C13H11N3O2S2. The maximum absolute atomic E-state index is 11.6. The predicted molar refractivity (Wildman–Crippen MR) is 80.6 cm³/mol. The number of rotatable bonds is 3. The Kier molecular flexibility index (Phi) is 3.37. The molecule has 102 valence electrons. The lowest BCUT2D eigenvalue weighted by Gasteiger charge is -2.00. The topological polar surface area (TPSA) is 67.8 Å². The minimum absolute atomic E-state index is 0.366. The monoisotopic (exact) mass is 305 g/mol. The van der Waals surface area contributed by atoms with E-state index in [2.05, 4.69) is 23.0 Å². The van der Waals surface area contributed by atoms with Gasteiger partial charge >= 0.3 is 5.69 Å². The van der Waals surface area contributed by atoms with Crippen LogP contribution >= 0.6 is 22.7 Å². The fraction of sp³-hybridized carbons (Fsp3) is 0.154. The molecule has 3 aromatic rings. The molecule has 0 aliphatic heterocycles. The maximum Gasteiger partial charge on any atom is 0.328 e. The van der Waals surface area contributed by atoms with Crippen LogP contribution in [-0.4, -0.2) is 14.5 Å². The van der Waals surface area contributed by atoms with Crippen molar-refractivity contribution >= 4 is 22.7 Å². The van der Waals surface area contributed by atoms with Crippen molar-refractivity contribution in [2.24, 2.45) is 0 Å². The van der Waals surface area contributed by atoms with E-state index in [0.717, 1.165) is 15.6 Å². The first-order valence-electron chi connectivity index (χ1n) is 5.93. The Morgan fingerprint density at radius 1 is 1.30 bits per heavy atom. The fourth-order valence-electron chi connectivity index (χ4n) is 1.78. The van der Waals surface area contributed by atoms with Crippen LogP contribution in [0.4, 0.5) is 0 Å². The van der Waals surface area contributed by atoms with Crippen LogP contribution < -0.4 is 11.2 Å². The number of nitrogens with one attached hydrogen (secondary N) is 1. The van der Waals surface area contributed by atoms with Crippen LogP contribution in [0.1, 0.15) is 9.88 Å². The lowest BCUT2D eigenvalue weighted by atomic mass is 10.4. The normalized spacial score (nSPS) is 10.8. The zero-order valence-corrected chi connectivity index (χ0v) is 12.3. The second-order valence-corrected chi connectivity index (χ2v) is 6.51. The van der Waals surface area contributed by atoms with E-state index in [0.29, 0.717) is 6.54 Å². The summed E-state index contributed by atoms with van der Waals surface area (Å²) in [5.74, 6) is 0. The number of hydrogen-bond donors (Lipinski definition) is 1. The van der Waals surface area contributed by atoms with Gasteiger partial charge in [-0.3, -0.25) is 14.3 Å². The molecular weight excluding hydrogens is 294 g/mol. The third-order valence-corrected chi connectivity index (χ3v) is 4.60. The molecule has 0 spiro atoms. The van der Waals surface area contributed by atoms with Gasteiger partial charge in [0, 0.05) is 22.5 Å². The molecule has 7 heteroatoms. The summed E-state index contributed by atoms with van der Waals surface area (Å²) >= 11 is 3.20. The van der Waals surface area contributed by atoms with Gasteiger partial charge in [-0.15, -0.1) is 22.7 Å². The van der Waals surface area contributed by atoms with Gasteiger partial charge in [0.2, 0.25) is 0 Å². The van der Waals surface area contributed by atoms with Gasteiger partial charge in [-0.1, -0.05) is 0 Å². The summed E-state index contributed by atoms with van der Waals surface area (Å²) < 4.78 is 1.43. The van der Waals surface area contributed by atoms with Crippen molar-refractivity contribution in [3.8, 4) is 10.6 Å². The Balaban J connectivity index is 1.87. The van der Waals surface area contributed by atoms with E-state index in [1.54, 1.807) is 11.3 Å². The van der Waals surface area contributed by atoms with Crippen molar-refractivity contribution in [1.82, 2.24) is 14.5 Å². The maximum atomic E-state index is 11.6. The summed E-state index contributed by atoms with van der Waals surface area (Å²) in [6.45, 7) is 2.42. The predicted octanol–water partition coefficient (Wildman–Crippen LogP) is 2.08. The molecule has 0 saturated heterocycles. The van der Waals surface area contributed by atoms with Crippen LogP contribution in [0.2, 0.25) is 0 Å². The SMILES string of the molecule is Cc1ccc(-c2csc(Cn3ccc(=O)[nH]c3=O)n2)s1. The zero-order valence-electron chi connectivity index (χ0n) is 10.6. The number of aryl methyl sites for hydroxylation is 1. The smallest absolute Gasteiger partial charge is 0.294 e. The van der Waals surface area contributed by atoms with E-state index in [-0.39, 0.29) is 5.56 Å². The minimum atomic E-state index is -0.416. The first-order chi connectivity index (χ1) is 9.61. The first kappa shape index (κ1) is 13.0. The molecule has 0 fully saturated rings. The lowest BCUT2D eigenvalue weighted by molar-refractivity contribution is 0.717. The van der Waals surface area contributed by atoms with Crippen molar-refractivity contribution in [2.75, 3.05) is 0 Å².